The lowest BCUT2D eigenvalue weighted by molar-refractivity contribution is -0.384. The van der Waals surface area contributed by atoms with Crippen molar-refractivity contribution in [2.45, 2.75) is 12.5 Å². The van der Waals surface area contributed by atoms with E-state index in [9.17, 15) is 19.7 Å². The summed E-state index contributed by atoms with van der Waals surface area (Å²) in [7, 11) is 3.86. The summed E-state index contributed by atoms with van der Waals surface area (Å²) in [4.78, 5) is 41.0. The number of hydrogen-bond donors (Lipinski definition) is 0. The zero-order chi connectivity index (χ0) is 22.3. The summed E-state index contributed by atoms with van der Waals surface area (Å²) >= 11 is 6.07. The van der Waals surface area contributed by atoms with Gasteiger partial charge in [-0.3, -0.25) is 19.7 Å². The molecule has 0 fully saturated rings. The molecule has 160 valence electrons. The molecule has 1 aliphatic heterocycles. The van der Waals surface area contributed by atoms with Gasteiger partial charge in [-0.05, 0) is 50.8 Å². The molecule has 1 aliphatic rings. The zero-order valence-electron chi connectivity index (χ0n) is 17.0. The Morgan fingerprint density at radius 1 is 1.19 bits per heavy atom. The Kier molecular flexibility index (Phi) is 5.51. The molecule has 4 rings (SSSR count). The number of nitrogens with zero attached hydrogens (tertiary/aromatic N) is 3. The fourth-order valence-electron chi connectivity index (χ4n) is 3.94. The summed E-state index contributed by atoms with van der Waals surface area (Å²) in [5.74, 6) is -0.430. The minimum atomic E-state index is -0.774. The maximum Gasteiger partial charge on any atom is 0.290 e. The van der Waals surface area contributed by atoms with Gasteiger partial charge in [0.05, 0.1) is 21.9 Å². The van der Waals surface area contributed by atoms with Gasteiger partial charge < -0.3 is 14.2 Å². The van der Waals surface area contributed by atoms with Crippen LogP contribution in [-0.2, 0) is 0 Å². The van der Waals surface area contributed by atoms with E-state index in [1.165, 1.54) is 18.2 Å². The van der Waals surface area contributed by atoms with Crippen LogP contribution in [0, 0.1) is 10.1 Å². The number of carbonyl (C=O) groups excluding carboxylic acids is 1. The first-order valence-electron chi connectivity index (χ1n) is 9.74. The van der Waals surface area contributed by atoms with Crippen LogP contribution in [0.3, 0.4) is 0 Å². The van der Waals surface area contributed by atoms with Gasteiger partial charge in [0.25, 0.3) is 11.6 Å². The summed E-state index contributed by atoms with van der Waals surface area (Å²) in [6.07, 6.45) is 0.664. The standard InChI is InChI=1S/C22H20ClN3O5/c1-24(2)9-4-10-25-19(13-5-3-6-15(11-13)26(29)30)18-20(27)16-12-14(23)7-8-17(16)31-21(18)22(25)28/h3,5-8,11-12,19H,4,9-10H2,1-2H3. The molecule has 0 bridgehead atoms. The largest absolute Gasteiger partial charge is 0.450 e. The highest BCUT2D eigenvalue weighted by molar-refractivity contribution is 6.31. The van der Waals surface area contributed by atoms with Crippen LogP contribution in [0.4, 0.5) is 5.69 Å². The van der Waals surface area contributed by atoms with E-state index in [0.29, 0.717) is 23.6 Å². The summed E-state index contributed by atoms with van der Waals surface area (Å²) in [6, 6.07) is 9.88. The van der Waals surface area contributed by atoms with Gasteiger partial charge in [0.2, 0.25) is 5.76 Å². The summed E-state index contributed by atoms with van der Waals surface area (Å²) < 4.78 is 5.85. The first-order chi connectivity index (χ1) is 14.8. The Morgan fingerprint density at radius 2 is 1.97 bits per heavy atom. The molecule has 1 unspecified atom stereocenters. The molecule has 1 aromatic heterocycles. The maximum absolute atomic E-state index is 13.4. The fourth-order valence-corrected chi connectivity index (χ4v) is 4.11. The van der Waals surface area contributed by atoms with Crippen LogP contribution in [0.15, 0.2) is 51.7 Å². The van der Waals surface area contributed by atoms with Gasteiger partial charge >= 0.3 is 0 Å². The Morgan fingerprint density at radius 3 is 2.68 bits per heavy atom. The third-order valence-corrected chi connectivity index (χ3v) is 5.56. The van der Waals surface area contributed by atoms with Crippen molar-refractivity contribution in [2.75, 3.05) is 27.2 Å². The van der Waals surface area contributed by atoms with Gasteiger partial charge in [0.1, 0.15) is 5.58 Å². The number of hydrogen-bond acceptors (Lipinski definition) is 6. The average molecular weight is 442 g/mol. The molecule has 0 aliphatic carbocycles. The second-order valence-corrected chi connectivity index (χ2v) is 8.16. The number of carbonyl (C=O) groups is 1. The number of amides is 1. The molecule has 31 heavy (non-hydrogen) atoms. The van der Waals surface area contributed by atoms with E-state index in [1.54, 1.807) is 29.2 Å². The molecule has 8 nitrogen and oxygen atoms in total. The third kappa shape index (κ3) is 3.80. The van der Waals surface area contributed by atoms with Crippen molar-refractivity contribution in [1.29, 1.82) is 0 Å². The molecule has 0 saturated carbocycles. The maximum atomic E-state index is 13.4. The van der Waals surface area contributed by atoms with Crippen molar-refractivity contribution >= 4 is 34.2 Å². The molecule has 1 atom stereocenters. The Hall–Kier alpha value is -3.23. The predicted molar refractivity (Wildman–Crippen MR) is 117 cm³/mol. The molecule has 1 amide bonds. The molecule has 0 saturated heterocycles. The van der Waals surface area contributed by atoms with Gasteiger partial charge in [0.15, 0.2) is 5.43 Å². The van der Waals surface area contributed by atoms with Crippen molar-refractivity contribution in [3.8, 4) is 0 Å². The number of non-ortho nitro benzene ring substituents is 1. The SMILES string of the molecule is CN(C)CCCN1C(=O)c2oc3ccc(Cl)cc3c(=O)c2C1c1cccc([N+](=O)[O-])c1. The third-order valence-electron chi connectivity index (χ3n) is 5.33. The monoisotopic (exact) mass is 441 g/mol. The van der Waals surface area contributed by atoms with E-state index < -0.39 is 16.9 Å². The van der Waals surface area contributed by atoms with E-state index in [0.717, 1.165) is 6.54 Å². The molecule has 2 heterocycles. The lowest BCUT2D eigenvalue weighted by atomic mass is 9.98. The summed E-state index contributed by atoms with van der Waals surface area (Å²) in [6.45, 7) is 1.10. The van der Waals surface area contributed by atoms with Gasteiger partial charge in [-0.1, -0.05) is 23.7 Å². The normalized spacial score (nSPS) is 15.7. The highest BCUT2D eigenvalue weighted by Crippen LogP contribution is 2.39. The lowest BCUT2D eigenvalue weighted by Crippen LogP contribution is -2.32. The molecule has 0 radical (unpaired) electrons. The Bertz CT molecular complexity index is 1250. The van der Waals surface area contributed by atoms with Gasteiger partial charge in [-0.2, -0.15) is 0 Å². The predicted octanol–water partition coefficient (Wildman–Crippen LogP) is 3.85. The van der Waals surface area contributed by atoms with Crippen LogP contribution < -0.4 is 5.43 Å². The van der Waals surface area contributed by atoms with E-state index in [4.69, 9.17) is 16.0 Å². The van der Waals surface area contributed by atoms with Crippen LogP contribution in [0.25, 0.3) is 11.0 Å². The van der Waals surface area contributed by atoms with Gasteiger partial charge in [0, 0.05) is 23.7 Å². The van der Waals surface area contributed by atoms with E-state index >= 15 is 0 Å². The fraction of sp³-hybridized carbons (Fsp3) is 0.273. The zero-order valence-corrected chi connectivity index (χ0v) is 17.8. The number of benzene rings is 2. The molecule has 3 aromatic rings. The topological polar surface area (TPSA) is 96.9 Å². The van der Waals surface area contributed by atoms with Crippen molar-refractivity contribution in [3.63, 3.8) is 0 Å². The quantitative estimate of drug-likeness (QED) is 0.425. The minimum Gasteiger partial charge on any atom is -0.450 e. The molecular formula is C22H20ClN3O5. The van der Waals surface area contributed by atoms with Gasteiger partial charge in [-0.15, -0.1) is 0 Å². The van der Waals surface area contributed by atoms with Gasteiger partial charge in [-0.25, -0.2) is 0 Å². The van der Waals surface area contributed by atoms with Crippen molar-refractivity contribution in [2.24, 2.45) is 0 Å². The molecule has 0 spiro atoms. The Balaban J connectivity index is 1.90. The highest BCUT2D eigenvalue weighted by Gasteiger charge is 2.42. The second-order valence-electron chi connectivity index (χ2n) is 7.72. The van der Waals surface area contributed by atoms with Crippen LogP contribution in [-0.4, -0.2) is 47.8 Å². The number of halogens is 1. The minimum absolute atomic E-state index is 0.0267. The van der Waals surface area contributed by atoms with E-state index in [2.05, 4.69) is 0 Å². The van der Waals surface area contributed by atoms with Crippen molar-refractivity contribution < 1.29 is 14.1 Å². The van der Waals surface area contributed by atoms with E-state index in [-0.39, 0.29) is 33.4 Å². The smallest absolute Gasteiger partial charge is 0.290 e. The van der Waals surface area contributed by atoms with Crippen molar-refractivity contribution in [1.82, 2.24) is 9.80 Å². The van der Waals surface area contributed by atoms with Crippen molar-refractivity contribution in [3.05, 3.63) is 84.7 Å². The number of nitro benzene ring substituents is 1. The summed E-state index contributed by atoms with van der Waals surface area (Å²) in [5, 5.41) is 12.0. The second kappa shape index (κ2) is 8.13. The number of nitro groups is 1. The lowest BCUT2D eigenvalue weighted by Gasteiger charge is -2.25. The van der Waals surface area contributed by atoms with E-state index in [1.807, 2.05) is 19.0 Å². The first kappa shape index (κ1) is 21.0. The molecular weight excluding hydrogens is 422 g/mol. The number of fused-ring (bicyclic) bond motifs is 2. The molecule has 2 aromatic carbocycles. The van der Waals surface area contributed by atoms with Crippen LogP contribution in [0.5, 0.6) is 0 Å². The van der Waals surface area contributed by atoms with Crippen LogP contribution in [0.2, 0.25) is 5.02 Å². The highest BCUT2D eigenvalue weighted by atomic mass is 35.5. The van der Waals surface area contributed by atoms with Crippen LogP contribution in [0.1, 0.15) is 34.1 Å². The average Bonchev–Trinajstić information content (AvgIpc) is 3.01. The summed E-state index contributed by atoms with van der Waals surface area (Å²) in [5.41, 5.74) is 0.470. The first-order valence-corrected chi connectivity index (χ1v) is 10.1. The molecule has 9 heteroatoms. The Labute approximate surface area is 182 Å². The van der Waals surface area contributed by atoms with Crippen LogP contribution >= 0.6 is 11.6 Å². The number of rotatable bonds is 6. The molecule has 0 N–H and O–H groups in total.